The van der Waals surface area contributed by atoms with E-state index in [-0.39, 0.29) is 12.6 Å². The average molecular weight is 368 g/mol. The van der Waals surface area contributed by atoms with Gasteiger partial charge in [-0.2, -0.15) is 10.5 Å². The van der Waals surface area contributed by atoms with Gasteiger partial charge in [-0.05, 0) is 0 Å². The second-order valence-corrected chi connectivity index (χ2v) is 6.47. The molecule has 0 spiro atoms. The molecule has 0 aromatic carbocycles. The van der Waals surface area contributed by atoms with Gasteiger partial charge in [-0.15, -0.1) is 0 Å². The number of carbonyl (C=O) groups is 3. The Bertz CT molecular complexity index is 578. The lowest BCUT2D eigenvalue weighted by atomic mass is 10.5. The average Bonchev–Trinajstić information content (AvgIpc) is 3.30. The maximum absolute atomic E-state index is 11.1. The van der Waals surface area contributed by atoms with E-state index in [0.717, 1.165) is 4.90 Å². The number of hydrogen-bond acceptors (Lipinski definition) is 5. The molecule has 2 aliphatic rings. The summed E-state index contributed by atoms with van der Waals surface area (Å²) in [7, 11) is 0. The van der Waals surface area contributed by atoms with Crippen LogP contribution in [-0.2, 0) is 4.79 Å². The van der Waals surface area contributed by atoms with Crippen LogP contribution in [0.1, 0.15) is 0 Å². The van der Waals surface area contributed by atoms with Crippen LogP contribution in [0.2, 0.25) is 0 Å². The number of nitrogens with zero attached hydrogens (tertiary/aromatic N) is 4. The van der Waals surface area contributed by atoms with Gasteiger partial charge in [-0.1, -0.05) is 34.8 Å². The van der Waals surface area contributed by atoms with Crippen LogP contribution in [0.4, 0.5) is 9.59 Å². The number of nitriles is 2. The van der Waals surface area contributed by atoms with Gasteiger partial charge in [0.1, 0.15) is 12.1 Å². The molecule has 2 aliphatic heterocycles. The summed E-state index contributed by atoms with van der Waals surface area (Å²) in [6.07, 6.45) is 0. The third-order valence-electron chi connectivity index (χ3n) is 2.54. The number of primary amides is 1. The molecule has 12 heteroatoms. The number of imide groups is 1. The van der Waals surface area contributed by atoms with Gasteiger partial charge in [0.05, 0.1) is 25.2 Å². The highest BCUT2D eigenvalue weighted by atomic mass is 35.6. The van der Waals surface area contributed by atoms with Crippen molar-refractivity contribution in [2.75, 3.05) is 13.1 Å². The molecule has 2 rings (SSSR count). The third kappa shape index (κ3) is 5.11. The van der Waals surface area contributed by atoms with Crippen molar-refractivity contribution in [3.05, 3.63) is 0 Å². The van der Waals surface area contributed by atoms with Crippen LogP contribution >= 0.6 is 34.8 Å². The Kier molecular flexibility index (Phi) is 5.66. The summed E-state index contributed by atoms with van der Waals surface area (Å²) in [4.78, 5) is 34.6. The SMILES string of the molecule is N#CC1CN1C(=O)NC(=O)C(Cl)(Cl)Cl.N#CC1CN1C(N)=O. The molecule has 22 heavy (non-hydrogen) atoms. The highest BCUT2D eigenvalue weighted by Gasteiger charge is 2.41. The van der Waals surface area contributed by atoms with Crippen molar-refractivity contribution in [2.24, 2.45) is 5.73 Å². The Morgan fingerprint density at radius 2 is 1.55 bits per heavy atom. The normalized spacial score (nSPS) is 21.5. The molecule has 0 aromatic heterocycles. The van der Waals surface area contributed by atoms with Gasteiger partial charge in [-0.3, -0.25) is 10.1 Å². The van der Waals surface area contributed by atoms with Gasteiger partial charge >= 0.3 is 12.1 Å². The van der Waals surface area contributed by atoms with Crippen LogP contribution in [0, 0.1) is 22.7 Å². The minimum Gasteiger partial charge on any atom is -0.351 e. The van der Waals surface area contributed by atoms with Crippen LogP contribution in [-0.4, -0.2) is 56.7 Å². The van der Waals surface area contributed by atoms with Crippen LogP contribution < -0.4 is 11.1 Å². The van der Waals surface area contributed by atoms with Crippen LogP contribution in [0.5, 0.6) is 0 Å². The number of amides is 5. The lowest BCUT2D eigenvalue weighted by Crippen LogP contribution is -2.41. The first-order valence-electron chi connectivity index (χ1n) is 5.66. The molecule has 3 N–H and O–H groups in total. The fourth-order valence-electron chi connectivity index (χ4n) is 1.21. The van der Waals surface area contributed by atoms with Gasteiger partial charge in [0.15, 0.2) is 0 Å². The highest BCUT2D eigenvalue weighted by molar-refractivity contribution is 6.76. The largest absolute Gasteiger partial charge is 0.351 e. The molecule has 5 amide bonds. The van der Waals surface area contributed by atoms with Gasteiger partial charge in [0.25, 0.3) is 9.70 Å². The Morgan fingerprint density at radius 1 is 1.09 bits per heavy atom. The van der Waals surface area contributed by atoms with Gasteiger partial charge in [0.2, 0.25) is 0 Å². The minimum absolute atomic E-state index is 0.243. The quantitative estimate of drug-likeness (QED) is 0.460. The Balaban J connectivity index is 0.000000255. The molecular weight excluding hydrogens is 359 g/mol. The number of halogens is 3. The highest BCUT2D eigenvalue weighted by Crippen LogP contribution is 2.26. The zero-order chi connectivity index (χ0) is 17.1. The first-order chi connectivity index (χ1) is 10.1. The molecule has 2 saturated heterocycles. The first kappa shape index (κ1) is 18.1. The summed E-state index contributed by atoms with van der Waals surface area (Å²) in [5.74, 6) is -1.03. The zero-order valence-electron chi connectivity index (χ0n) is 10.8. The molecule has 118 valence electrons. The van der Waals surface area contributed by atoms with E-state index in [1.165, 1.54) is 4.90 Å². The van der Waals surface area contributed by atoms with E-state index in [9.17, 15) is 14.4 Å². The van der Waals surface area contributed by atoms with Crippen molar-refractivity contribution >= 4 is 52.8 Å². The third-order valence-corrected chi connectivity index (χ3v) is 3.06. The molecule has 2 heterocycles. The van der Waals surface area contributed by atoms with Crippen molar-refractivity contribution < 1.29 is 14.4 Å². The summed E-state index contributed by atoms with van der Waals surface area (Å²) in [5.41, 5.74) is 4.80. The van der Waals surface area contributed by atoms with Crippen molar-refractivity contribution in [2.45, 2.75) is 15.9 Å². The summed E-state index contributed by atoms with van der Waals surface area (Å²) in [5, 5.41) is 18.4. The number of rotatable bonds is 0. The second kappa shape index (κ2) is 6.88. The van der Waals surface area contributed by atoms with E-state index in [1.54, 1.807) is 0 Å². The standard InChI is InChI=1S/C6H4Cl3N3O2.C4H5N3O/c7-6(8,9)4(13)11-5(14)12-2-3(12)1-10;5-1-3-2-7(3)4(6)8/h3H,2H2,(H,11,13,14);3H,2H2,(H2,6,8). The van der Waals surface area contributed by atoms with Gasteiger partial charge in [-0.25, -0.2) is 9.59 Å². The Morgan fingerprint density at radius 3 is 1.82 bits per heavy atom. The maximum Gasteiger partial charge on any atom is 0.325 e. The second-order valence-electron chi connectivity index (χ2n) is 4.19. The van der Waals surface area contributed by atoms with Crippen molar-refractivity contribution in [1.82, 2.24) is 15.1 Å². The van der Waals surface area contributed by atoms with E-state index < -0.39 is 27.8 Å². The Labute approximate surface area is 140 Å². The van der Waals surface area contributed by atoms with E-state index in [2.05, 4.69) is 0 Å². The first-order valence-corrected chi connectivity index (χ1v) is 6.79. The molecule has 2 unspecified atom stereocenters. The Hall–Kier alpha value is -1.94. The van der Waals surface area contributed by atoms with Crippen molar-refractivity contribution in [3.63, 3.8) is 0 Å². The summed E-state index contributed by atoms with van der Waals surface area (Å²) in [6, 6.07) is 1.77. The molecule has 0 radical (unpaired) electrons. The van der Waals surface area contributed by atoms with Crippen LogP contribution in [0.3, 0.4) is 0 Å². The number of alkyl halides is 3. The van der Waals surface area contributed by atoms with Crippen molar-refractivity contribution in [1.29, 1.82) is 10.5 Å². The molecule has 0 bridgehead atoms. The van der Waals surface area contributed by atoms with Gasteiger partial charge < -0.3 is 15.5 Å². The van der Waals surface area contributed by atoms with E-state index in [4.69, 9.17) is 51.1 Å². The summed E-state index contributed by atoms with van der Waals surface area (Å²) < 4.78 is -2.17. The van der Waals surface area contributed by atoms with Crippen molar-refractivity contribution in [3.8, 4) is 12.1 Å². The predicted molar refractivity (Wildman–Crippen MR) is 75.6 cm³/mol. The topological polar surface area (TPSA) is 143 Å². The summed E-state index contributed by atoms with van der Waals surface area (Å²) in [6.45, 7) is 0.793. The zero-order valence-corrected chi connectivity index (χ0v) is 13.1. The smallest absolute Gasteiger partial charge is 0.325 e. The van der Waals surface area contributed by atoms with Gasteiger partial charge in [0, 0.05) is 0 Å². The number of carbonyl (C=O) groups excluding carboxylic acids is 3. The molecule has 9 nitrogen and oxygen atoms in total. The number of nitrogens with one attached hydrogen (secondary N) is 1. The molecule has 2 atom stereocenters. The molecule has 0 saturated carbocycles. The monoisotopic (exact) mass is 366 g/mol. The predicted octanol–water partition coefficient (Wildman–Crippen LogP) is 0.0735. The van der Waals surface area contributed by atoms with E-state index >= 15 is 0 Å². The van der Waals surface area contributed by atoms with Crippen LogP contribution in [0.15, 0.2) is 0 Å². The van der Waals surface area contributed by atoms with E-state index in [0.29, 0.717) is 6.54 Å². The molecule has 2 fully saturated rings. The summed E-state index contributed by atoms with van der Waals surface area (Å²) >= 11 is 15.6. The van der Waals surface area contributed by atoms with E-state index in [1.807, 2.05) is 17.5 Å². The molecule has 0 aliphatic carbocycles. The molecular formula is C10H9Cl3N6O3. The fraction of sp³-hybridized carbons (Fsp3) is 0.500. The number of urea groups is 2. The molecule has 0 aromatic rings. The lowest BCUT2D eigenvalue weighted by Gasteiger charge is -2.10. The fourth-order valence-corrected chi connectivity index (χ4v) is 1.35. The maximum atomic E-state index is 11.1. The number of nitrogens with two attached hydrogens (primary N) is 1. The van der Waals surface area contributed by atoms with Crippen LogP contribution in [0.25, 0.3) is 0 Å². The lowest BCUT2D eigenvalue weighted by molar-refractivity contribution is -0.119. The number of hydrogen-bond donors (Lipinski definition) is 2. The minimum atomic E-state index is -2.17.